The Bertz CT molecular complexity index is 1060. The average molecular weight is 405 g/mol. The molecule has 0 atom stereocenters. The van der Waals surface area contributed by atoms with Gasteiger partial charge in [-0.1, -0.05) is 0 Å². The molecular weight excluding hydrogens is 392 g/mol. The minimum absolute atomic E-state index is 0.0313. The van der Waals surface area contributed by atoms with Crippen molar-refractivity contribution in [2.75, 3.05) is 11.9 Å². The molecule has 0 saturated carbocycles. The Morgan fingerprint density at radius 1 is 1.25 bits per heavy atom. The first-order valence-electron chi connectivity index (χ1n) is 7.91. The van der Waals surface area contributed by atoms with E-state index in [9.17, 15) is 23.2 Å². The van der Waals surface area contributed by atoms with Crippen molar-refractivity contribution in [1.29, 1.82) is 0 Å². The van der Waals surface area contributed by atoms with Crippen LogP contribution in [-0.2, 0) is 9.53 Å². The van der Waals surface area contributed by atoms with Crippen LogP contribution in [0.15, 0.2) is 35.8 Å². The van der Waals surface area contributed by atoms with Crippen molar-refractivity contribution in [3.8, 4) is 11.3 Å². The van der Waals surface area contributed by atoms with E-state index < -0.39 is 30.1 Å². The van der Waals surface area contributed by atoms with Crippen molar-refractivity contribution in [3.05, 3.63) is 58.7 Å². The van der Waals surface area contributed by atoms with E-state index in [1.54, 1.807) is 0 Å². The number of rotatable bonds is 6. The molecule has 3 rings (SSSR count). The first-order chi connectivity index (χ1) is 13.3. The van der Waals surface area contributed by atoms with Gasteiger partial charge in [0, 0.05) is 22.7 Å². The van der Waals surface area contributed by atoms with Gasteiger partial charge >= 0.3 is 5.97 Å². The summed E-state index contributed by atoms with van der Waals surface area (Å²) < 4.78 is 31.9. The molecule has 0 radical (unpaired) electrons. The average Bonchev–Trinajstić information content (AvgIpc) is 3.31. The molecule has 0 fully saturated rings. The highest BCUT2D eigenvalue weighted by Crippen LogP contribution is 2.27. The maximum Gasteiger partial charge on any atom is 0.355 e. The number of esters is 1. The smallest absolute Gasteiger partial charge is 0.355 e. The van der Waals surface area contributed by atoms with E-state index in [-0.39, 0.29) is 27.9 Å². The van der Waals surface area contributed by atoms with Crippen molar-refractivity contribution in [1.82, 2.24) is 9.97 Å². The lowest BCUT2D eigenvalue weighted by Crippen LogP contribution is -2.21. The summed E-state index contributed by atoms with van der Waals surface area (Å²) in [6.07, 6.45) is 1.36. The molecule has 0 spiro atoms. The number of Topliss-reactive ketones (excluding diaryl/α,β-unsaturated/α-hetero) is 1. The molecule has 28 heavy (non-hydrogen) atoms. The number of hydrogen-bond donors (Lipinski definition) is 2. The monoisotopic (exact) mass is 405 g/mol. The number of halogens is 2. The lowest BCUT2D eigenvalue weighted by molar-refractivity contribution is -0.119. The zero-order chi connectivity index (χ0) is 20.3. The van der Waals surface area contributed by atoms with Gasteiger partial charge in [-0.3, -0.25) is 14.9 Å². The summed E-state index contributed by atoms with van der Waals surface area (Å²) in [5.41, 5.74) is 0.487. The predicted octanol–water partition coefficient (Wildman–Crippen LogP) is 3.41. The van der Waals surface area contributed by atoms with Crippen LogP contribution in [0.1, 0.15) is 27.8 Å². The van der Waals surface area contributed by atoms with Gasteiger partial charge in [0.1, 0.15) is 17.3 Å². The van der Waals surface area contributed by atoms with E-state index in [0.29, 0.717) is 5.56 Å². The first-order valence-corrected chi connectivity index (χ1v) is 8.78. The van der Waals surface area contributed by atoms with Crippen LogP contribution in [0.2, 0.25) is 0 Å². The number of ketones is 1. The number of carbonyl (C=O) groups excluding carboxylic acids is 3. The molecule has 7 nitrogen and oxygen atoms in total. The molecule has 0 unspecified atom stereocenters. The highest BCUT2D eigenvalue weighted by molar-refractivity contribution is 7.14. The number of benzene rings is 1. The van der Waals surface area contributed by atoms with Crippen molar-refractivity contribution in [2.45, 2.75) is 6.92 Å². The molecular formula is C18H13F2N3O4S. The Morgan fingerprint density at radius 2 is 2.04 bits per heavy atom. The number of nitrogens with zero attached hydrogens (tertiary/aromatic N) is 1. The molecule has 0 saturated heterocycles. The number of anilines is 1. The van der Waals surface area contributed by atoms with Crippen molar-refractivity contribution in [2.24, 2.45) is 0 Å². The molecule has 0 bridgehead atoms. The molecule has 0 aliphatic carbocycles. The quantitative estimate of drug-likeness (QED) is 0.483. The maximum absolute atomic E-state index is 13.8. The van der Waals surface area contributed by atoms with Crippen molar-refractivity contribution < 1.29 is 27.9 Å². The number of aromatic amines is 1. The number of carbonyl (C=O) groups is 3. The summed E-state index contributed by atoms with van der Waals surface area (Å²) in [7, 11) is 0. The summed E-state index contributed by atoms with van der Waals surface area (Å²) in [6, 6.07) is 4.30. The number of H-pyrrole nitrogens is 1. The largest absolute Gasteiger partial charge is 0.451 e. The molecule has 1 aromatic carbocycles. The number of ether oxygens (including phenoxy) is 1. The fourth-order valence-electron chi connectivity index (χ4n) is 2.23. The summed E-state index contributed by atoms with van der Waals surface area (Å²) in [5, 5.41) is 4.00. The minimum Gasteiger partial charge on any atom is -0.451 e. The SMILES string of the molecule is CC(=O)c1c[nH]c(C(=O)OCC(=O)Nc2nc(-c3cc(F)ccc3F)cs2)c1. The van der Waals surface area contributed by atoms with Crippen LogP contribution < -0.4 is 5.32 Å². The fourth-order valence-corrected chi connectivity index (χ4v) is 2.96. The number of amides is 1. The van der Waals surface area contributed by atoms with Crippen LogP contribution in [-0.4, -0.2) is 34.2 Å². The van der Waals surface area contributed by atoms with Crippen LogP contribution in [0.25, 0.3) is 11.3 Å². The van der Waals surface area contributed by atoms with Gasteiger partial charge in [-0.15, -0.1) is 11.3 Å². The van der Waals surface area contributed by atoms with Gasteiger partial charge in [-0.05, 0) is 31.2 Å². The zero-order valence-electron chi connectivity index (χ0n) is 14.4. The summed E-state index contributed by atoms with van der Waals surface area (Å²) in [6.45, 7) is 0.764. The second-order valence-corrected chi connectivity index (χ2v) is 6.50. The van der Waals surface area contributed by atoms with Gasteiger partial charge in [0.15, 0.2) is 17.5 Å². The normalized spacial score (nSPS) is 10.5. The van der Waals surface area contributed by atoms with Gasteiger partial charge < -0.3 is 9.72 Å². The van der Waals surface area contributed by atoms with Gasteiger partial charge in [-0.25, -0.2) is 18.6 Å². The highest BCUT2D eigenvalue weighted by Gasteiger charge is 2.16. The standard InChI is InChI=1S/C18H13F2N3O4S/c1-9(24)10-4-14(21-6-10)17(26)27-7-16(25)23-18-22-15(8-28-18)12-5-11(19)2-3-13(12)20/h2-6,8,21H,7H2,1H3,(H,22,23,25). The van der Waals surface area contributed by atoms with E-state index in [1.165, 1.54) is 24.6 Å². The molecule has 10 heteroatoms. The summed E-state index contributed by atoms with van der Waals surface area (Å²) in [4.78, 5) is 41.6. The number of nitrogens with one attached hydrogen (secondary N) is 2. The highest BCUT2D eigenvalue weighted by atomic mass is 32.1. The van der Waals surface area contributed by atoms with E-state index in [4.69, 9.17) is 4.74 Å². The van der Waals surface area contributed by atoms with Gasteiger partial charge in [0.2, 0.25) is 0 Å². The van der Waals surface area contributed by atoms with Crippen LogP contribution in [0.4, 0.5) is 13.9 Å². The second-order valence-electron chi connectivity index (χ2n) is 5.64. The molecule has 0 aliphatic heterocycles. The number of hydrogen-bond acceptors (Lipinski definition) is 6. The maximum atomic E-state index is 13.8. The Kier molecular flexibility index (Phi) is 5.59. The molecule has 1 amide bonds. The Hall–Kier alpha value is -3.40. The van der Waals surface area contributed by atoms with Gasteiger partial charge in [0.05, 0.1) is 5.69 Å². The Labute approximate surface area is 161 Å². The minimum atomic E-state index is -0.802. The number of thiazole rings is 1. The topological polar surface area (TPSA) is 101 Å². The molecule has 2 heterocycles. The van der Waals surface area contributed by atoms with E-state index >= 15 is 0 Å². The zero-order valence-corrected chi connectivity index (χ0v) is 15.2. The third kappa shape index (κ3) is 4.46. The molecule has 3 aromatic rings. The molecule has 0 aliphatic rings. The summed E-state index contributed by atoms with van der Waals surface area (Å²) >= 11 is 1.01. The van der Waals surface area contributed by atoms with Crippen LogP contribution in [0.5, 0.6) is 0 Å². The second kappa shape index (κ2) is 8.09. The van der Waals surface area contributed by atoms with Crippen LogP contribution in [0, 0.1) is 11.6 Å². The third-order valence-corrected chi connectivity index (χ3v) is 4.36. The first kappa shape index (κ1) is 19.4. The van der Waals surface area contributed by atoms with Crippen molar-refractivity contribution >= 4 is 34.1 Å². The van der Waals surface area contributed by atoms with Crippen LogP contribution in [0.3, 0.4) is 0 Å². The molecule has 144 valence electrons. The van der Waals surface area contributed by atoms with E-state index in [1.807, 2.05) is 0 Å². The van der Waals surface area contributed by atoms with E-state index in [2.05, 4.69) is 15.3 Å². The molecule has 2 aromatic heterocycles. The number of aromatic nitrogens is 2. The lowest BCUT2D eigenvalue weighted by Gasteiger charge is -2.03. The van der Waals surface area contributed by atoms with E-state index in [0.717, 1.165) is 29.5 Å². The Balaban J connectivity index is 1.58. The van der Waals surface area contributed by atoms with Gasteiger partial charge in [-0.2, -0.15) is 0 Å². The van der Waals surface area contributed by atoms with Crippen LogP contribution >= 0.6 is 11.3 Å². The Morgan fingerprint density at radius 3 is 2.75 bits per heavy atom. The van der Waals surface area contributed by atoms with Gasteiger partial charge in [0.25, 0.3) is 5.91 Å². The third-order valence-electron chi connectivity index (χ3n) is 3.60. The fraction of sp³-hybridized carbons (Fsp3) is 0.111. The predicted molar refractivity (Wildman–Crippen MR) is 97.2 cm³/mol. The van der Waals surface area contributed by atoms with Crippen molar-refractivity contribution in [3.63, 3.8) is 0 Å². The summed E-state index contributed by atoms with van der Waals surface area (Å²) in [5.74, 6) is -2.94. The lowest BCUT2D eigenvalue weighted by atomic mass is 10.1. The molecule has 2 N–H and O–H groups in total.